The molecule has 4 heterocycles. The van der Waals surface area contributed by atoms with E-state index >= 15 is 0 Å². The first-order valence-electron chi connectivity index (χ1n) is 12.5. The number of fused-ring (bicyclic) bond motifs is 1. The first-order chi connectivity index (χ1) is 18.0. The van der Waals surface area contributed by atoms with Gasteiger partial charge < -0.3 is 9.30 Å². The highest BCUT2D eigenvalue weighted by Gasteiger charge is 2.35. The fourth-order valence-electron chi connectivity index (χ4n) is 5.14. The fourth-order valence-corrected chi connectivity index (χ4v) is 6.96. The van der Waals surface area contributed by atoms with Crippen LogP contribution < -0.4 is 14.9 Å². The molecule has 8 heteroatoms. The summed E-state index contributed by atoms with van der Waals surface area (Å²) in [7, 11) is 0. The zero-order valence-corrected chi connectivity index (χ0v) is 22.6. The number of hydrogen-bond donors (Lipinski definition) is 0. The van der Waals surface area contributed by atoms with Gasteiger partial charge in [-0.05, 0) is 62.8 Å². The van der Waals surface area contributed by atoms with Crippen LogP contribution in [0.15, 0.2) is 69.3 Å². The van der Waals surface area contributed by atoms with E-state index in [1.165, 1.54) is 46.9 Å². The summed E-state index contributed by atoms with van der Waals surface area (Å²) < 4.78 is 10.2. The number of rotatable bonds is 6. The first-order valence-corrected chi connectivity index (χ1v) is 14.2. The minimum absolute atomic E-state index is 0.146. The lowest BCUT2D eigenvalue weighted by Crippen LogP contribution is -2.39. The van der Waals surface area contributed by atoms with Crippen molar-refractivity contribution in [1.29, 1.82) is 0 Å². The maximum atomic E-state index is 13.9. The molecule has 1 saturated carbocycles. The molecule has 1 aliphatic carbocycles. The van der Waals surface area contributed by atoms with Crippen molar-refractivity contribution in [3.8, 4) is 0 Å². The summed E-state index contributed by atoms with van der Waals surface area (Å²) in [6.07, 6.45) is 4.39. The second-order valence-electron chi connectivity index (χ2n) is 9.37. The fraction of sp³-hybridized carbons (Fsp3) is 0.276. The van der Waals surface area contributed by atoms with Crippen LogP contribution in [0.4, 0.5) is 0 Å². The lowest BCUT2D eigenvalue weighted by atomic mass is 9.97. The van der Waals surface area contributed by atoms with Gasteiger partial charge in [-0.25, -0.2) is 9.79 Å². The van der Waals surface area contributed by atoms with Gasteiger partial charge in [0, 0.05) is 27.9 Å². The molecule has 0 saturated heterocycles. The zero-order valence-electron chi connectivity index (χ0n) is 20.9. The average Bonchev–Trinajstić information content (AvgIpc) is 3.35. The molecule has 3 aromatic heterocycles. The molecule has 37 heavy (non-hydrogen) atoms. The van der Waals surface area contributed by atoms with Crippen molar-refractivity contribution in [3.05, 3.63) is 107 Å². The molecule has 1 fully saturated rings. The predicted molar refractivity (Wildman–Crippen MR) is 148 cm³/mol. The molecule has 2 aliphatic rings. The van der Waals surface area contributed by atoms with E-state index in [0.717, 1.165) is 16.0 Å². The number of esters is 1. The Labute approximate surface area is 222 Å². The van der Waals surface area contributed by atoms with Gasteiger partial charge >= 0.3 is 5.97 Å². The van der Waals surface area contributed by atoms with E-state index in [0.29, 0.717) is 26.6 Å². The molecular formula is C29H27N3O3S2. The van der Waals surface area contributed by atoms with E-state index in [2.05, 4.69) is 24.5 Å². The molecule has 0 N–H and O–H groups in total. The van der Waals surface area contributed by atoms with Crippen LogP contribution >= 0.6 is 22.7 Å². The molecule has 6 nitrogen and oxygen atoms in total. The van der Waals surface area contributed by atoms with E-state index in [4.69, 9.17) is 9.73 Å². The Bertz CT molecular complexity index is 1700. The molecule has 0 spiro atoms. The standard InChI is InChI=1S/C29H27N3O3S2/c1-4-35-28(34)24-25(19-9-6-5-7-10-19)30-29-32(26(24)22-11-8-14-36-22)27(33)23(37-29)16-20-15-17(2)31(18(20)3)21-12-13-21/h5-11,14-16,21,26H,4,12-13H2,1-3H3. The Morgan fingerprint density at radius 3 is 2.59 bits per heavy atom. The van der Waals surface area contributed by atoms with Crippen LogP contribution in [0.3, 0.4) is 0 Å². The van der Waals surface area contributed by atoms with Crippen molar-refractivity contribution >= 4 is 40.4 Å². The highest BCUT2D eigenvalue weighted by Crippen LogP contribution is 2.39. The van der Waals surface area contributed by atoms with E-state index in [9.17, 15) is 9.59 Å². The molecule has 1 aromatic carbocycles. The lowest BCUT2D eigenvalue weighted by Gasteiger charge is -2.24. The number of aromatic nitrogens is 2. The highest BCUT2D eigenvalue weighted by molar-refractivity contribution is 7.10. The molecule has 1 aliphatic heterocycles. The third-order valence-electron chi connectivity index (χ3n) is 6.91. The van der Waals surface area contributed by atoms with Gasteiger partial charge in [-0.1, -0.05) is 47.7 Å². The Morgan fingerprint density at radius 2 is 1.92 bits per heavy atom. The highest BCUT2D eigenvalue weighted by atomic mass is 32.1. The van der Waals surface area contributed by atoms with Crippen molar-refractivity contribution in [2.45, 2.75) is 45.7 Å². The summed E-state index contributed by atoms with van der Waals surface area (Å²) in [4.78, 5) is 33.7. The normalized spacial score (nSPS) is 17.6. The van der Waals surface area contributed by atoms with E-state index < -0.39 is 12.0 Å². The van der Waals surface area contributed by atoms with Crippen molar-refractivity contribution in [1.82, 2.24) is 9.13 Å². The number of hydrogen-bond acceptors (Lipinski definition) is 6. The van der Waals surface area contributed by atoms with Gasteiger partial charge in [0.05, 0.1) is 22.4 Å². The summed E-state index contributed by atoms with van der Waals surface area (Å²) in [5.74, 6) is -0.453. The third kappa shape index (κ3) is 4.14. The number of thiazole rings is 1. The summed E-state index contributed by atoms with van der Waals surface area (Å²) in [6.45, 7) is 6.27. The van der Waals surface area contributed by atoms with Gasteiger partial charge in [0.15, 0.2) is 4.80 Å². The van der Waals surface area contributed by atoms with E-state index in [1.807, 2.05) is 53.9 Å². The van der Waals surface area contributed by atoms with Gasteiger partial charge in [0.2, 0.25) is 0 Å². The van der Waals surface area contributed by atoms with Crippen molar-refractivity contribution in [3.63, 3.8) is 0 Å². The number of nitrogens with zero attached hydrogens (tertiary/aromatic N) is 3. The number of ether oxygens (including phenoxy) is 1. The van der Waals surface area contributed by atoms with Crippen LogP contribution in [-0.4, -0.2) is 21.7 Å². The zero-order chi connectivity index (χ0) is 25.7. The number of thiophene rings is 1. The van der Waals surface area contributed by atoms with Gasteiger partial charge in [0.1, 0.15) is 6.04 Å². The number of benzene rings is 1. The molecule has 0 bridgehead atoms. The summed E-state index contributed by atoms with van der Waals surface area (Å²) in [6, 6.07) is 15.7. The molecule has 1 unspecified atom stereocenters. The molecule has 6 rings (SSSR count). The molecule has 188 valence electrons. The van der Waals surface area contributed by atoms with Crippen LogP contribution in [0, 0.1) is 13.8 Å². The van der Waals surface area contributed by atoms with Gasteiger partial charge in [-0.15, -0.1) is 11.3 Å². The Kier molecular flexibility index (Phi) is 6.09. The van der Waals surface area contributed by atoms with E-state index in [1.54, 1.807) is 11.5 Å². The summed E-state index contributed by atoms with van der Waals surface area (Å²) in [5.41, 5.74) is 5.06. The van der Waals surface area contributed by atoms with Crippen LogP contribution in [0.1, 0.15) is 59.2 Å². The quantitative estimate of drug-likeness (QED) is 0.339. The van der Waals surface area contributed by atoms with Crippen LogP contribution in [0.25, 0.3) is 11.8 Å². The second kappa shape index (κ2) is 9.43. The molecule has 0 radical (unpaired) electrons. The van der Waals surface area contributed by atoms with Crippen LogP contribution in [0.2, 0.25) is 0 Å². The SMILES string of the molecule is CCOC(=O)C1=C(c2ccccc2)N=c2sc(=Cc3cc(C)n(C4CC4)c3C)c(=O)n2C1c1cccs1. The summed E-state index contributed by atoms with van der Waals surface area (Å²) >= 11 is 2.89. The van der Waals surface area contributed by atoms with Crippen molar-refractivity contribution < 1.29 is 9.53 Å². The predicted octanol–water partition coefficient (Wildman–Crippen LogP) is 4.75. The topological polar surface area (TPSA) is 65.6 Å². The lowest BCUT2D eigenvalue weighted by molar-refractivity contribution is -0.138. The molecule has 1 atom stereocenters. The molecule has 0 amide bonds. The molecule has 4 aromatic rings. The summed E-state index contributed by atoms with van der Waals surface area (Å²) in [5, 5.41) is 1.96. The van der Waals surface area contributed by atoms with Gasteiger partial charge in [-0.3, -0.25) is 9.36 Å². The minimum Gasteiger partial charge on any atom is -0.463 e. The largest absolute Gasteiger partial charge is 0.463 e. The Balaban J connectivity index is 1.61. The number of carbonyl (C=O) groups is 1. The number of carbonyl (C=O) groups excluding carboxylic acids is 1. The maximum Gasteiger partial charge on any atom is 0.338 e. The first kappa shape index (κ1) is 23.9. The van der Waals surface area contributed by atoms with Crippen LogP contribution in [0.5, 0.6) is 0 Å². The monoisotopic (exact) mass is 529 g/mol. The third-order valence-corrected chi connectivity index (χ3v) is 8.82. The Morgan fingerprint density at radius 1 is 1.14 bits per heavy atom. The Hall–Kier alpha value is -3.49. The smallest absolute Gasteiger partial charge is 0.338 e. The second-order valence-corrected chi connectivity index (χ2v) is 11.4. The van der Waals surface area contributed by atoms with E-state index in [-0.39, 0.29) is 12.2 Å². The van der Waals surface area contributed by atoms with Crippen molar-refractivity contribution in [2.24, 2.45) is 4.99 Å². The average molecular weight is 530 g/mol. The maximum absolute atomic E-state index is 13.9. The molecular weight excluding hydrogens is 502 g/mol. The van der Waals surface area contributed by atoms with Gasteiger partial charge in [0.25, 0.3) is 5.56 Å². The van der Waals surface area contributed by atoms with Crippen LogP contribution in [-0.2, 0) is 9.53 Å². The van der Waals surface area contributed by atoms with Crippen molar-refractivity contribution in [2.75, 3.05) is 6.61 Å². The number of aryl methyl sites for hydroxylation is 1. The minimum atomic E-state index is -0.605. The van der Waals surface area contributed by atoms with Gasteiger partial charge in [-0.2, -0.15) is 0 Å².